The van der Waals surface area contributed by atoms with Crippen LogP contribution in [0.1, 0.15) is 17.3 Å². The SMILES string of the molecule is CC(=O)c1ccc2c(ccn2-c2ccc(F)cc2)c1. The molecule has 0 bridgehead atoms. The van der Waals surface area contributed by atoms with Crippen molar-refractivity contribution in [1.29, 1.82) is 0 Å². The predicted molar refractivity (Wildman–Crippen MR) is 73.2 cm³/mol. The summed E-state index contributed by atoms with van der Waals surface area (Å²) >= 11 is 0. The Morgan fingerprint density at radius 1 is 1.05 bits per heavy atom. The summed E-state index contributed by atoms with van der Waals surface area (Å²) in [6, 6.07) is 13.9. The maximum Gasteiger partial charge on any atom is 0.159 e. The average molecular weight is 253 g/mol. The van der Waals surface area contributed by atoms with E-state index in [-0.39, 0.29) is 11.6 Å². The molecule has 2 nitrogen and oxygen atoms in total. The van der Waals surface area contributed by atoms with Crippen molar-refractivity contribution in [2.75, 3.05) is 0 Å². The highest BCUT2D eigenvalue weighted by atomic mass is 19.1. The number of carbonyl (C=O) groups is 1. The molecule has 0 N–H and O–H groups in total. The van der Waals surface area contributed by atoms with Crippen LogP contribution in [0.25, 0.3) is 16.6 Å². The van der Waals surface area contributed by atoms with Gasteiger partial charge in [-0.25, -0.2) is 4.39 Å². The van der Waals surface area contributed by atoms with E-state index in [4.69, 9.17) is 0 Å². The zero-order valence-electron chi connectivity index (χ0n) is 10.4. The highest BCUT2D eigenvalue weighted by Gasteiger charge is 2.06. The number of hydrogen-bond acceptors (Lipinski definition) is 1. The Balaban J connectivity index is 2.15. The maximum absolute atomic E-state index is 12.9. The molecule has 0 radical (unpaired) electrons. The first-order valence-corrected chi connectivity index (χ1v) is 6.03. The molecular formula is C16H12FNO. The molecule has 0 saturated carbocycles. The highest BCUT2D eigenvalue weighted by Crippen LogP contribution is 2.22. The van der Waals surface area contributed by atoms with Crippen LogP contribution in [0, 0.1) is 5.82 Å². The van der Waals surface area contributed by atoms with Gasteiger partial charge < -0.3 is 4.57 Å². The number of fused-ring (bicyclic) bond motifs is 1. The largest absolute Gasteiger partial charge is 0.317 e. The standard InChI is InChI=1S/C16H12FNO/c1-11(19)12-2-7-16-13(10-12)8-9-18(16)15-5-3-14(17)4-6-15/h2-10H,1H3. The molecule has 0 aliphatic heterocycles. The van der Waals surface area contributed by atoms with Gasteiger partial charge in [0.15, 0.2) is 5.78 Å². The Labute approximate surface area is 110 Å². The fraction of sp³-hybridized carbons (Fsp3) is 0.0625. The first-order chi connectivity index (χ1) is 9.15. The van der Waals surface area contributed by atoms with E-state index >= 15 is 0 Å². The molecule has 2 aromatic carbocycles. The summed E-state index contributed by atoms with van der Waals surface area (Å²) in [5.41, 5.74) is 2.59. The van der Waals surface area contributed by atoms with E-state index in [0.717, 1.165) is 16.6 Å². The summed E-state index contributed by atoms with van der Waals surface area (Å²) in [7, 11) is 0. The fourth-order valence-electron chi connectivity index (χ4n) is 2.19. The second kappa shape index (κ2) is 4.35. The molecule has 3 aromatic rings. The maximum atomic E-state index is 12.9. The number of carbonyl (C=O) groups excluding carboxylic acids is 1. The number of aromatic nitrogens is 1. The molecule has 0 atom stereocenters. The summed E-state index contributed by atoms with van der Waals surface area (Å²) in [4.78, 5) is 11.4. The number of rotatable bonds is 2. The summed E-state index contributed by atoms with van der Waals surface area (Å²) in [6.07, 6.45) is 1.92. The minimum absolute atomic E-state index is 0.0523. The van der Waals surface area contributed by atoms with Gasteiger partial charge in [0.1, 0.15) is 5.82 Å². The molecule has 0 aliphatic rings. The normalized spacial score (nSPS) is 10.8. The van der Waals surface area contributed by atoms with E-state index in [1.54, 1.807) is 19.1 Å². The quantitative estimate of drug-likeness (QED) is 0.633. The van der Waals surface area contributed by atoms with Crippen LogP contribution in [0.2, 0.25) is 0 Å². The zero-order chi connectivity index (χ0) is 13.4. The van der Waals surface area contributed by atoms with Gasteiger partial charge in [-0.1, -0.05) is 0 Å². The molecule has 0 saturated heterocycles. The molecule has 94 valence electrons. The molecule has 1 aromatic heterocycles. The second-order valence-electron chi connectivity index (χ2n) is 4.49. The highest BCUT2D eigenvalue weighted by molar-refractivity contribution is 5.98. The third kappa shape index (κ3) is 2.03. The van der Waals surface area contributed by atoms with Crippen molar-refractivity contribution in [2.45, 2.75) is 6.92 Å². The van der Waals surface area contributed by atoms with Gasteiger partial charge in [0, 0.05) is 22.8 Å². The average Bonchev–Trinajstić information content (AvgIpc) is 2.82. The predicted octanol–water partition coefficient (Wildman–Crippen LogP) is 3.97. The zero-order valence-corrected chi connectivity index (χ0v) is 10.4. The lowest BCUT2D eigenvalue weighted by molar-refractivity contribution is 0.101. The topological polar surface area (TPSA) is 22.0 Å². The van der Waals surface area contributed by atoms with Crippen LogP contribution < -0.4 is 0 Å². The van der Waals surface area contributed by atoms with Crippen LogP contribution in [-0.4, -0.2) is 10.4 Å². The molecular weight excluding hydrogens is 241 g/mol. The monoisotopic (exact) mass is 253 g/mol. The van der Waals surface area contributed by atoms with Gasteiger partial charge >= 0.3 is 0 Å². The van der Waals surface area contributed by atoms with Gasteiger partial charge in [-0.15, -0.1) is 0 Å². The first kappa shape index (κ1) is 11.7. The van der Waals surface area contributed by atoms with E-state index in [1.165, 1.54) is 12.1 Å². The van der Waals surface area contributed by atoms with E-state index in [2.05, 4.69) is 0 Å². The van der Waals surface area contributed by atoms with Crippen LogP contribution in [0.4, 0.5) is 4.39 Å². The Bertz CT molecular complexity index is 756. The van der Waals surface area contributed by atoms with Crippen molar-refractivity contribution in [3.63, 3.8) is 0 Å². The molecule has 3 heteroatoms. The third-order valence-electron chi connectivity index (χ3n) is 3.20. The number of hydrogen-bond donors (Lipinski definition) is 0. The molecule has 0 amide bonds. The summed E-state index contributed by atoms with van der Waals surface area (Å²) in [5, 5.41) is 0.997. The second-order valence-corrected chi connectivity index (χ2v) is 4.49. The van der Waals surface area contributed by atoms with Gasteiger partial charge in [0.25, 0.3) is 0 Å². The number of nitrogens with zero attached hydrogens (tertiary/aromatic N) is 1. The summed E-state index contributed by atoms with van der Waals surface area (Å²) < 4.78 is 14.9. The molecule has 0 aliphatic carbocycles. The van der Waals surface area contributed by atoms with E-state index in [9.17, 15) is 9.18 Å². The van der Waals surface area contributed by atoms with Crippen LogP contribution in [-0.2, 0) is 0 Å². The van der Waals surface area contributed by atoms with E-state index < -0.39 is 0 Å². The third-order valence-corrected chi connectivity index (χ3v) is 3.20. The lowest BCUT2D eigenvalue weighted by Crippen LogP contribution is -1.94. The number of benzene rings is 2. The molecule has 0 unspecified atom stereocenters. The van der Waals surface area contributed by atoms with Gasteiger partial charge in [0.2, 0.25) is 0 Å². The van der Waals surface area contributed by atoms with E-state index in [1.807, 2.05) is 35.0 Å². The number of Topliss-reactive ketones (excluding diaryl/α,β-unsaturated/α-hetero) is 1. The Morgan fingerprint density at radius 3 is 2.47 bits per heavy atom. The molecule has 3 rings (SSSR count). The van der Waals surface area contributed by atoms with Crippen LogP contribution >= 0.6 is 0 Å². The molecule has 1 heterocycles. The number of halogens is 1. The minimum Gasteiger partial charge on any atom is -0.317 e. The van der Waals surface area contributed by atoms with Crippen molar-refractivity contribution in [3.8, 4) is 5.69 Å². The van der Waals surface area contributed by atoms with Crippen molar-refractivity contribution in [2.24, 2.45) is 0 Å². The lowest BCUT2D eigenvalue weighted by Gasteiger charge is -2.05. The van der Waals surface area contributed by atoms with Crippen LogP contribution in [0.5, 0.6) is 0 Å². The van der Waals surface area contributed by atoms with Gasteiger partial charge in [-0.3, -0.25) is 4.79 Å². The minimum atomic E-state index is -0.251. The van der Waals surface area contributed by atoms with E-state index in [0.29, 0.717) is 5.56 Å². The number of ketones is 1. The van der Waals surface area contributed by atoms with Gasteiger partial charge in [-0.05, 0) is 55.5 Å². The van der Waals surface area contributed by atoms with Crippen LogP contribution in [0.15, 0.2) is 54.7 Å². The lowest BCUT2D eigenvalue weighted by atomic mass is 10.1. The Hall–Kier alpha value is -2.42. The Kier molecular flexibility index (Phi) is 2.67. The smallest absolute Gasteiger partial charge is 0.159 e. The van der Waals surface area contributed by atoms with Crippen molar-refractivity contribution in [1.82, 2.24) is 4.57 Å². The molecule has 0 fully saturated rings. The molecule has 19 heavy (non-hydrogen) atoms. The van der Waals surface area contributed by atoms with Crippen molar-refractivity contribution < 1.29 is 9.18 Å². The molecule has 0 spiro atoms. The van der Waals surface area contributed by atoms with Crippen molar-refractivity contribution in [3.05, 3.63) is 66.1 Å². The van der Waals surface area contributed by atoms with Gasteiger partial charge in [-0.2, -0.15) is 0 Å². The first-order valence-electron chi connectivity index (χ1n) is 6.03. The summed E-state index contributed by atoms with van der Waals surface area (Å²) in [6.45, 7) is 1.55. The Morgan fingerprint density at radius 2 is 1.79 bits per heavy atom. The summed E-state index contributed by atoms with van der Waals surface area (Å²) in [5.74, 6) is -0.199. The fourth-order valence-corrected chi connectivity index (χ4v) is 2.19. The van der Waals surface area contributed by atoms with Crippen molar-refractivity contribution >= 4 is 16.7 Å². The van der Waals surface area contributed by atoms with Gasteiger partial charge in [0.05, 0.1) is 5.52 Å². The van der Waals surface area contributed by atoms with Crippen LogP contribution in [0.3, 0.4) is 0 Å².